The molecule has 0 spiro atoms. The number of para-hydroxylation sites is 1. The topological polar surface area (TPSA) is 67.9 Å². The predicted molar refractivity (Wildman–Crippen MR) is 71.1 cm³/mol. The highest BCUT2D eigenvalue weighted by Gasteiger charge is 2.44. The van der Waals surface area contributed by atoms with Gasteiger partial charge in [0.25, 0.3) is 0 Å². The summed E-state index contributed by atoms with van der Waals surface area (Å²) in [5, 5.41) is 0. The maximum atomic E-state index is 12.4. The molecule has 108 valence electrons. The monoisotopic (exact) mass is 296 g/mol. The molecule has 6 nitrogen and oxygen atoms in total. The Kier molecular flexibility index (Phi) is 2.78. The van der Waals surface area contributed by atoms with Crippen molar-refractivity contribution in [2.75, 3.05) is 26.3 Å². The lowest BCUT2D eigenvalue weighted by molar-refractivity contribution is -0.0595. The molecular weight excluding hydrogens is 280 g/mol. The van der Waals surface area contributed by atoms with Crippen molar-refractivity contribution in [3.05, 3.63) is 24.3 Å². The fourth-order valence-electron chi connectivity index (χ4n) is 2.96. The Bertz CT molecular complexity index is 629. The van der Waals surface area contributed by atoms with Crippen LogP contribution in [0.4, 0.5) is 0 Å². The number of nitrogens with one attached hydrogen (secondary N) is 1. The van der Waals surface area contributed by atoms with Gasteiger partial charge in [0.2, 0.25) is 10.0 Å². The summed E-state index contributed by atoms with van der Waals surface area (Å²) in [6.45, 7) is 2.85. The molecule has 0 saturated carbocycles. The molecule has 0 aliphatic carbocycles. The van der Waals surface area contributed by atoms with Crippen molar-refractivity contribution in [1.29, 1.82) is 0 Å². The van der Waals surface area contributed by atoms with Gasteiger partial charge in [-0.3, -0.25) is 4.90 Å². The van der Waals surface area contributed by atoms with Crippen molar-refractivity contribution in [2.45, 2.75) is 23.1 Å². The van der Waals surface area contributed by atoms with Gasteiger partial charge < -0.3 is 9.47 Å². The van der Waals surface area contributed by atoms with E-state index in [-0.39, 0.29) is 17.0 Å². The van der Waals surface area contributed by atoms with Crippen LogP contribution in [0.15, 0.2) is 29.2 Å². The standard InChI is InChI=1S/C13H16N2O4S/c16-20(17)13-4-2-1-3-11(13)19-12-6-15(5-10(12)14-20)9-7-18-8-9/h1-4,9-10,12,14H,5-8H2. The van der Waals surface area contributed by atoms with Crippen molar-refractivity contribution in [2.24, 2.45) is 0 Å². The first kappa shape index (κ1) is 12.6. The van der Waals surface area contributed by atoms with E-state index in [2.05, 4.69) is 9.62 Å². The van der Waals surface area contributed by atoms with Crippen molar-refractivity contribution >= 4 is 10.0 Å². The summed E-state index contributed by atoms with van der Waals surface area (Å²) in [6.07, 6.45) is -0.144. The van der Waals surface area contributed by atoms with Gasteiger partial charge >= 0.3 is 0 Å². The number of hydrogen-bond donors (Lipinski definition) is 1. The molecule has 2 unspecified atom stereocenters. The second-order valence-electron chi connectivity index (χ2n) is 5.48. The molecule has 3 aliphatic rings. The molecule has 1 aromatic rings. The molecule has 1 N–H and O–H groups in total. The molecule has 20 heavy (non-hydrogen) atoms. The molecule has 0 bridgehead atoms. The fourth-order valence-corrected chi connectivity index (χ4v) is 4.35. The molecule has 0 aromatic heterocycles. The predicted octanol–water partition coefficient (Wildman–Crippen LogP) is -0.191. The first-order chi connectivity index (χ1) is 9.63. The van der Waals surface area contributed by atoms with Gasteiger partial charge in [-0.2, -0.15) is 0 Å². The zero-order valence-corrected chi connectivity index (χ0v) is 11.7. The van der Waals surface area contributed by atoms with Crippen LogP contribution >= 0.6 is 0 Å². The Morgan fingerprint density at radius 2 is 2.00 bits per heavy atom. The average Bonchev–Trinajstić information content (AvgIpc) is 2.65. The molecule has 0 amide bonds. The van der Waals surface area contributed by atoms with Crippen molar-refractivity contribution in [1.82, 2.24) is 9.62 Å². The Labute approximate surface area is 117 Å². The summed E-state index contributed by atoms with van der Waals surface area (Å²) in [6, 6.07) is 6.99. The van der Waals surface area contributed by atoms with Crippen LogP contribution in [0.1, 0.15) is 0 Å². The molecule has 7 heteroatoms. The van der Waals surface area contributed by atoms with E-state index in [0.29, 0.717) is 18.3 Å². The SMILES string of the molecule is O=S1(=O)NC2CN(C3COC3)CC2Oc2ccccc21. The van der Waals surface area contributed by atoms with E-state index >= 15 is 0 Å². The van der Waals surface area contributed by atoms with Crippen LogP contribution in [0.5, 0.6) is 5.75 Å². The maximum absolute atomic E-state index is 12.4. The number of hydrogen-bond acceptors (Lipinski definition) is 5. The lowest BCUT2D eigenvalue weighted by atomic mass is 10.2. The van der Waals surface area contributed by atoms with Crippen LogP contribution < -0.4 is 9.46 Å². The van der Waals surface area contributed by atoms with E-state index in [1.165, 1.54) is 0 Å². The van der Waals surface area contributed by atoms with E-state index in [9.17, 15) is 8.42 Å². The minimum Gasteiger partial charge on any atom is -0.486 e. The van der Waals surface area contributed by atoms with Crippen molar-refractivity contribution < 1.29 is 17.9 Å². The summed E-state index contributed by atoms with van der Waals surface area (Å²) in [5.41, 5.74) is 0. The lowest BCUT2D eigenvalue weighted by Gasteiger charge is -2.34. The van der Waals surface area contributed by atoms with Crippen LogP contribution in [0, 0.1) is 0 Å². The van der Waals surface area contributed by atoms with Crippen LogP contribution in [-0.2, 0) is 14.8 Å². The highest BCUT2D eigenvalue weighted by atomic mass is 32.2. The third-order valence-electron chi connectivity index (χ3n) is 4.15. The number of nitrogens with zero attached hydrogens (tertiary/aromatic N) is 1. The van der Waals surface area contributed by atoms with Gasteiger partial charge in [0.1, 0.15) is 16.7 Å². The normalized spacial score (nSPS) is 32.6. The zero-order chi connectivity index (χ0) is 13.7. The maximum Gasteiger partial charge on any atom is 0.244 e. The molecule has 1 aromatic carbocycles. The molecular formula is C13H16N2O4S. The Balaban J connectivity index is 1.65. The highest BCUT2D eigenvalue weighted by Crippen LogP contribution is 2.31. The first-order valence-corrected chi connectivity index (χ1v) is 8.21. The van der Waals surface area contributed by atoms with Crippen LogP contribution in [0.2, 0.25) is 0 Å². The molecule has 0 radical (unpaired) electrons. The molecule has 2 atom stereocenters. The third-order valence-corrected chi connectivity index (χ3v) is 5.68. The van der Waals surface area contributed by atoms with Gasteiger partial charge in [-0.1, -0.05) is 12.1 Å². The average molecular weight is 296 g/mol. The van der Waals surface area contributed by atoms with Gasteiger partial charge in [0.05, 0.1) is 25.3 Å². The number of benzene rings is 1. The largest absolute Gasteiger partial charge is 0.486 e. The molecule has 3 heterocycles. The molecule has 2 fully saturated rings. The number of sulfonamides is 1. The van der Waals surface area contributed by atoms with Crippen LogP contribution in [0.3, 0.4) is 0 Å². The van der Waals surface area contributed by atoms with Crippen molar-refractivity contribution in [3.8, 4) is 5.75 Å². The summed E-state index contributed by atoms with van der Waals surface area (Å²) < 4.78 is 38.6. The molecule has 2 saturated heterocycles. The number of likely N-dealkylation sites (tertiary alicyclic amines) is 1. The summed E-state index contributed by atoms with van der Waals surface area (Å²) in [4.78, 5) is 2.47. The summed E-state index contributed by atoms with van der Waals surface area (Å²) >= 11 is 0. The fraction of sp³-hybridized carbons (Fsp3) is 0.538. The number of fused-ring (bicyclic) bond motifs is 2. The number of ether oxygens (including phenoxy) is 2. The van der Waals surface area contributed by atoms with E-state index in [0.717, 1.165) is 19.8 Å². The quantitative estimate of drug-likeness (QED) is 0.778. The van der Waals surface area contributed by atoms with E-state index in [1.54, 1.807) is 24.3 Å². The Hall–Kier alpha value is -1.15. The van der Waals surface area contributed by atoms with Gasteiger partial charge in [-0.15, -0.1) is 0 Å². The zero-order valence-electron chi connectivity index (χ0n) is 10.9. The second kappa shape index (κ2) is 4.42. The number of rotatable bonds is 1. The van der Waals surface area contributed by atoms with Crippen LogP contribution in [0.25, 0.3) is 0 Å². The minimum atomic E-state index is -3.50. The molecule has 3 aliphatic heterocycles. The lowest BCUT2D eigenvalue weighted by Crippen LogP contribution is -2.49. The van der Waals surface area contributed by atoms with Crippen molar-refractivity contribution in [3.63, 3.8) is 0 Å². The second-order valence-corrected chi connectivity index (χ2v) is 7.16. The van der Waals surface area contributed by atoms with Gasteiger partial charge in [0.15, 0.2) is 0 Å². The Morgan fingerprint density at radius 3 is 2.75 bits per heavy atom. The smallest absolute Gasteiger partial charge is 0.244 e. The first-order valence-electron chi connectivity index (χ1n) is 6.73. The minimum absolute atomic E-state index is 0.144. The van der Waals surface area contributed by atoms with E-state index in [1.807, 2.05) is 0 Å². The van der Waals surface area contributed by atoms with Gasteiger partial charge in [-0.05, 0) is 12.1 Å². The highest BCUT2D eigenvalue weighted by molar-refractivity contribution is 7.89. The molecule has 4 rings (SSSR count). The third kappa shape index (κ3) is 1.93. The summed E-state index contributed by atoms with van der Waals surface area (Å²) in [5.74, 6) is 0.444. The van der Waals surface area contributed by atoms with E-state index in [4.69, 9.17) is 9.47 Å². The van der Waals surface area contributed by atoms with Gasteiger partial charge in [0, 0.05) is 13.1 Å². The Morgan fingerprint density at radius 1 is 1.20 bits per heavy atom. The van der Waals surface area contributed by atoms with E-state index < -0.39 is 10.0 Å². The van der Waals surface area contributed by atoms with Gasteiger partial charge in [-0.25, -0.2) is 13.1 Å². The van der Waals surface area contributed by atoms with Crippen LogP contribution in [-0.4, -0.2) is 57.8 Å². The summed E-state index contributed by atoms with van der Waals surface area (Å²) in [7, 11) is -3.50.